The van der Waals surface area contributed by atoms with E-state index in [-0.39, 0.29) is 17.6 Å². The van der Waals surface area contributed by atoms with Gasteiger partial charge in [-0.15, -0.1) is 0 Å². The Kier molecular flexibility index (Phi) is 4.58. The minimum atomic E-state index is -0.487. The number of nitrogens with one attached hydrogen (secondary N) is 2. The molecule has 0 unspecified atom stereocenters. The van der Waals surface area contributed by atoms with Gasteiger partial charge in [0.25, 0.3) is 0 Å². The maximum atomic E-state index is 10.6. The number of rotatable bonds is 2. The van der Waals surface area contributed by atoms with Gasteiger partial charge in [0.1, 0.15) is 0 Å². The second kappa shape index (κ2) is 5.94. The zero-order valence-corrected chi connectivity index (χ0v) is 10.7. The summed E-state index contributed by atoms with van der Waals surface area (Å²) in [5.41, 5.74) is -0.259. The molecule has 0 aliphatic carbocycles. The van der Waals surface area contributed by atoms with Gasteiger partial charge >= 0.3 is 11.4 Å². The minimum absolute atomic E-state index is 0.0799. The van der Waals surface area contributed by atoms with E-state index in [1.54, 1.807) is 0 Å². The molecule has 2 rings (SSSR count). The first kappa shape index (κ1) is 13.9. The van der Waals surface area contributed by atoms with Crippen LogP contribution in [-0.4, -0.2) is 30.3 Å². The Morgan fingerprint density at radius 2 is 1.89 bits per heavy atom. The van der Waals surface area contributed by atoms with Crippen LogP contribution in [-0.2, 0) is 0 Å². The fourth-order valence-electron chi connectivity index (χ4n) is 1.03. The maximum Gasteiger partial charge on any atom is 0.438 e. The Bertz CT molecular complexity index is 575. The first-order valence-electron chi connectivity index (χ1n) is 5.47. The van der Waals surface area contributed by atoms with E-state index in [2.05, 4.69) is 30.2 Å². The Morgan fingerprint density at radius 3 is 2.11 bits per heavy atom. The van der Waals surface area contributed by atoms with Crippen LogP contribution in [0.5, 0.6) is 0 Å². The van der Waals surface area contributed by atoms with E-state index in [9.17, 15) is 9.59 Å². The second-order valence-corrected chi connectivity index (χ2v) is 4.18. The van der Waals surface area contributed by atoms with Crippen LogP contribution in [0, 0.1) is 0 Å². The molecule has 2 aromatic heterocycles. The van der Waals surface area contributed by atoms with E-state index in [0.717, 1.165) is 0 Å². The largest absolute Gasteiger partial charge is 0.438 e. The minimum Gasteiger partial charge on any atom is -0.296 e. The van der Waals surface area contributed by atoms with Crippen molar-refractivity contribution in [2.45, 2.75) is 39.7 Å². The van der Waals surface area contributed by atoms with Crippen molar-refractivity contribution in [3.8, 4) is 0 Å². The lowest BCUT2D eigenvalue weighted by Crippen LogP contribution is -2.19. The van der Waals surface area contributed by atoms with Crippen LogP contribution < -0.4 is 11.4 Å². The number of nitrogens with zero attached hydrogens (tertiary/aromatic N) is 4. The monoisotopic (exact) mass is 256 g/mol. The average Bonchev–Trinajstić information content (AvgIpc) is 2.87. The van der Waals surface area contributed by atoms with Gasteiger partial charge in [0, 0.05) is 5.92 Å². The highest BCUT2D eigenvalue weighted by Crippen LogP contribution is 2.03. The lowest BCUT2D eigenvalue weighted by molar-refractivity contribution is 0.379. The quantitative estimate of drug-likeness (QED) is 0.781. The van der Waals surface area contributed by atoms with Gasteiger partial charge < -0.3 is 0 Å². The molecule has 2 aromatic rings. The highest BCUT2D eigenvalue weighted by Gasteiger charge is 2.03. The molecule has 18 heavy (non-hydrogen) atoms. The number of hydrogen-bond donors (Lipinski definition) is 2. The number of H-pyrrole nitrogens is 2. The molecule has 2 N–H and O–H groups in total. The van der Waals surface area contributed by atoms with E-state index in [1.807, 2.05) is 27.7 Å². The van der Waals surface area contributed by atoms with Crippen LogP contribution in [0.25, 0.3) is 0 Å². The predicted octanol–water partition coefficient (Wildman–Crippen LogP) is 0.0336. The van der Waals surface area contributed by atoms with Gasteiger partial charge in [-0.1, -0.05) is 19.0 Å². The molecule has 0 saturated carbocycles. The van der Waals surface area contributed by atoms with Crippen molar-refractivity contribution < 1.29 is 4.52 Å². The molecule has 2 heterocycles. The molecule has 0 saturated heterocycles. The van der Waals surface area contributed by atoms with Gasteiger partial charge in [0.15, 0.2) is 5.82 Å². The van der Waals surface area contributed by atoms with Gasteiger partial charge in [0.2, 0.25) is 0 Å². The molecule has 0 fully saturated rings. The summed E-state index contributed by atoms with van der Waals surface area (Å²) in [5, 5.41) is 12.5. The SMILES string of the molecule is CC(C)c1noc(=O)[nH]1.CC(C)n1nn[nH]c1=O. The summed E-state index contributed by atoms with van der Waals surface area (Å²) >= 11 is 0. The van der Waals surface area contributed by atoms with Crippen LogP contribution in [0.4, 0.5) is 0 Å². The fourth-order valence-corrected chi connectivity index (χ4v) is 1.03. The Balaban J connectivity index is 0.000000180. The van der Waals surface area contributed by atoms with Gasteiger partial charge in [-0.2, -0.15) is 4.68 Å². The third-order valence-electron chi connectivity index (χ3n) is 1.99. The smallest absolute Gasteiger partial charge is 0.296 e. The van der Waals surface area contributed by atoms with Crippen LogP contribution in [0.2, 0.25) is 0 Å². The molecule has 100 valence electrons. The van der Waals surface area contributed by atoms with Crippen LogP contribution in [0.1, 0.15) is 45.5 Å². The summed E-state index contributed by atoms with van der Waals surface area (Å²) in [6, 6.07) is 0.0799. The molecular weight excluding hydrogens is 240 g/mol. The predicted molar refractivity (Wildman–Crippen MR) is 62.2 cm³/mol. The number of aromatic amines is 2. The molecule has 0 radical (unpaired) electrons. The van der Waals surface area contributed by atoms with Crippen LogP contribution in [0.3, 0.4) is 0 Å². The Morgan fingerprint density at radius 1 is 1.22 bits per heavy atom. The topological polar surface area (TPSA) is 122 Å². The molecule has 0 aromatic carbocycles. The van der Waals surface area contributed by atoms with E-state index in [1.165, 1.54) is 4.68 Å². The summed E-state index contributed by atoms with van der Waals surface area (Å²) in [6.45, 7) is 7.58. The van der Waals surface area contributed by atoms with Gasteiger partial charge in [-0.25, -0.2) is 14.7 Å². The first-order valence-corrected chi connectivity index (χ1v) is 5.47. The highest BCUT2D eigenvalue weighted by atomic mass is 16.5. The van der Waals surface area contributed by atoms with Crippen molar-refractivity contribution in [3.63, 3.8) is 0 Å². The lowest BCUT2D eigenvalue weighted by atomic mass is 10.2. The fraction of sp³-hybridized carbons (Fsp3) is 0.667. The van der Waals surface area contributed by atoms with Crippen molar-refractivity contribution in [2.24, 2.45) is 0 Å². The van der Waals surface area contributed by atoms with Crippen molar-refractivity contribution in [3.05, 3.63) is 26.9 Å². The van der Waals surface area contributed by atoms with Gasteiger partial charge in [-0.05, 0) is 24.3 Å². The van der Waals surface area contributed by atoms with Crippen molar-refractivity contribution in [1.29, 1.82) is 0 Å². The lowest BCUT2D eigenvalue weighted by Gasteiger charge is -1.97. The van der Waals surface area contributed by atoms with Gasteiger partial charge in [-0.3, -0.25) is 9.51 Å². The molecular formula is C9H16N6O3. The normalized spacial score (nSPS) is 10.6. The molecule has 0 atom stereocenters. The van der Waals surface area contributed by atoms with Crippen LogP contribution in [0.15, 0.2) is 14.1 Å². The Hall–Kier alpha value is -2.19. The molecule has 0 bridgehead atoms. The van der Waals surface area contributed by atoms with E-state index in [0.29, 0.717) is 5.82 Å². The van der Waals surface area contributed by atoms with Gasteiger partial charge in [0.05, 0.1) is 6.04 Å². The number of tetrazole rings is 1. The molecule has 0 amide bonds. The first-order chi connectivity index (χ1) is 8.41. The Labute approximate surface area is 102 Å². The summed E-state index contributed by atoms with van der Waals surface area (Å²) in [4.78, 5) is 23.4. The van der Waals surface area contributed by atoms with Crippen molar-refractivity contribution in [2.75, 3.05) is 0 Å². The summed E-state index contributed by atoms with van der Waals surface area (Å²) in [6.07, 6.45) is 0. The summed E-state index contributed by atoms with van der Waals surface area (Å²) in [5.74, 6) is 0.329. The highest BCUT2D eigenvalue weighted by molar-refractivity contribution is 4.85. The third-order valence-corrected chi connectivity index (χ3v) is 1.99. The summed E-state index contributed by atoms with van der Waals surface area (Å²) < 4.78 is 5.54. The zero-order valence-electron chi connectivity index (χ0n) is 10.7. The molecule has 9 heteroatoms. The molecule has 0 spiro atoms. The third kappa shape index (κ3) is 3.68. The van der Waals surface area contributed by atoms with Crippen LogP contribution >= 0.6 is 0 Å². The standard InChI is InChI=1S/C5H8N2O2.C4H8N4O/c1-3(2)4-6-5(8)9-7-4;1-3(2)8-4(9)5-6-7-8/h3H,1-2H3,(H,6,7,8);3H,1-2H3,(H,5,7,9). The number of aromatic nitrogens is 6. The average molecular weight is 256 g/mol. The molecule has 0 aliphatic rings. The van der Waals surface area contributed by atoms with E-state index >= 15 is 0 Å². The zero-order chi connectivity index (χ0) is 13.7. The molecule has 9 nitrogen and oxygen atoms in total. The van der Waals surface area contributed by atoms with Crippen molar-refractivity contribution >= 4 is 0 Å². The van der Waals surface area contributed by atoms with E-state index in [4.69, 9.17) is 0 Å². The van der Waals surface area contributed by atoms with E-state index < -0.39 is 5.76 Å². The summed E-state index contributed by atoms with van der Waals surface area (Å²) in [7, 11) is 0. The number of hydrogen-bond acceptors (Lipinski definition) is 6. The second-order valence-electron chi connectivity index (χ2n) is 4.18. The van der Waals surface area contributed by atoms with Crippen molar-refractivity contribution in [1.82, 2.24) is 30.3 Å². The maximum absolute atomic E-state index is 10.6. The molecule has 0 aliphatic heterocycles.